The van der Waals surface area contributed by atoms with E-state index in [1.807, 2.05) is 0 Å². The van der Waals surface area contributed by atoms with E-state index in [-0.39, 0.29) is 34.3 Å². The maximum atomic E-state index is 13.1. The maximum absolute atomic E-state index is 13.1. The molecule has 0 bridgehead atoms. The summed E-state index contributed by atoms with van der Waals surface area (Å²) in [5, 5.41) is 22.4. The molecule has 8 N–H and O–H groups in total. The molecule has 1 unspecified atom stereocenters. The van der Waals surface area contributed by atoms with Crippen molar-refractivity contribution in [3.63, 3.8) is 0 Å². The number of aliphatic imine (C=N–C) groups is 2. The van der Waals surface area contributed by atoms with Crippen LogP contribution in [0.25, 0.3) is 11.2 Å². The average molecular weight is 690 g/mol. The predicted molar refractivity (Wildman–Crippen MR) is 157 cm³/mol. The number of nitrogen functional groups attached to an aromatic ring is 1. The number of aromatic nitrogens is 6. The molecule has 3 aliphatic rings. The normalized spacial score (nSPS) is 35.8. The summed E-state index contributed by atoms with van der Waals surface area (Å²) < 4.78 is 59.4. The van der Waals surface area contributed by atoms with Crippen LogP contribution in [0.3, 0.4) is 0 Å². The van der Waals surface area contributed by atoms with Crippen molar-refractivity contribution in [2.75, 3.05) is 25.9 Å². The number of imidazole rings is 2. The van der Waals surface area contributed by atoms with Gasteiger partial charge in [0.1, 0.15) is 60.0 Å². The van der Waals surface area contributed by atoms with Gasteiger partial charge in [-0.2, -0.15) is 13.1 Å². The number of ether oxygens (including phenoxy) is 2. The monoisotopic (exact) mass is 689 g/mol. The molecule has 0 aromatic carbocycles. The molecule has 0 aliphatic carbocycles. The Balaban J connectivity index is 1.28. The number of aliphatic hydroxyl groups is 2. The smallest absolute Gasteiger partial charge is 0.336 e. The van der Waals surface area contributed by atoms with E-state index in [0.29, 0.717) is 0 Å². The number of nitrogens with zero attached hydrogens (tertiary/aromatic N) is 8. The van der Waals surface area contributed by atoms with Gasteiger partial charge in [0.05, 0.1) is 19.3 Å². The Bertz CT molecular complexity index is 1800. The predicted octanol–water partition coefficient (Wildman–Crippen LogP) is -2.66. The highest BCUT2D eigenvalue weighted by molar-refractivity contribution is 8.07. The van der Waals surface area contributed by atoms with Crippen LogP contribution in [0.4, 0.5) is 11.6 Å². The second kappa shape index (κ2) is 11.9. The first kappa shape index (κ1) is 31.9. The molecule has 6 heterocycles. The molecule has 0 saturated carbocycles. The van der Waals surface area contributed by atoms with Gasteiger partial charge in [-0.05, 0) is 18.5 Å². The van der Waals surface area contributed by atoms with E-state index >= 15 is 0 Å². The molecule has 3 aromatic rings. The van der Waals surface area contributed by atoms with Crippen molar-refractivity contribution in [3.8, 4) is 0 Å². The first-order valence-electron chi connectivity index (χ1n) is 13.0. The van der Waals surface area contributed by atoms with E-state index in [4.69, 9.17) is 46.0 Å². The van der Waals surface area contributed by atoms with Gasteiger partial charge in [0.25, 0.3) is 0 Å². The van der Waals surface area contributed by atoms with E-state index in [0.717, 1.165) is 0 Å². The molecule has 3 aliphatic heterocycles. The van der Waals surface area contributed by atoms with Crippen molar-refractivity contribution in [1.29, 1.82) is 0 Å². The molecule has 9 atom stereocenters. The summed E-state index contributed by atoms with van der Waals surface area (Å²) in [5.41, 5.74) is 12.3. The minimum atomic E-state index is -4.63. The molecule has 244 valence electrons. The molecular formula is C21H28N11O10PS2. The Morgan fingerprint density at radius 2 is 1.82 bits per heavy atom. The second-order valence-electron chi connectivity index (χ2n) is 9.98. The zero-order valence-corrected chi connectivity index (χ0v) is 25.7. The maximum Gasteiger partial charge on any atom is 0.336 e. The number of rotatable bonds is 4. The third-order valence-electron chi connectivity index (χ3n) is 7.31. The van der Waals surface area contributed by atoms with Gasteiger partial charge in [-0.1, -0.05) is 0 Å². The Morgan fingerprint density at radius 1 is 1.13 bits per heavy atom. The Hall–Kier alpha value is -3.06. The van der Waals surface area contributed by atoms with Gasteiger partial charge in [0.15, 0.2) is 29.7 Å². The van der Waals surface area contributed by atoms with Gasteiger partial charge in [0, 0.05) is 13.6 Å². The lowest BCUT2D eigenvalue weighted by atomic mass is 10.1. The van der Waals surface area contributed by atoms with Gasteiger partial charge in [0.2, 0.25) is 0 Å². The third kappa shape index (κ3) is 5.86. The zero-order chi connectivity index (χ0) is 32.3. The van der Waals surface area contributed by atoms with Crippen LogP contribution in [0.15, 0.2) is 29.0 Å². The summed E-state index contributed by atoms with van der Waals surface area (Å²) in [7, 11) is -3.19. The van der Waals surface area contributed by atoms with Crippen LogP contribution < -0.4 is 16.2 Å². The molecule has 3 aromatic heterocycles. The molecule has 45 heavy (non-hydrogen) atoms. The minimum Gasteiger partial charge on any atom is -0.386 e. The quantitative estimate of drug-likeness (QED) is 0.0925. The Labute approximate surface area is 259 Å². The molecule has 3 saturated heterocycles. The van der Waals surface area contributed by atoms with Crippen LogP contribution in [0.2, 0.25) is 0 Å². The van der Waals surface area contributed by atoms with Crippen LogP contribution in [0, 0.1) is 0 Å². The fourth-order valence-electron chi connectivity index (χ4n) is 5.20. The fraction of sp³-hybridized carbons (Fsp3) is 0.524. The van der Waals surface area contributed by atoms with Crippen molar-refractivity contribution in [2.45, 2.75) is 49.1 Å². The van der Waals surface area contributed by atoms with E-state index in [1.54, 1.807) is 0 Å². The van der Waals surface area contributed by atoms with Crippen LogP contribution >= 0.6 is 6.72 Å². The van der Waals surface area contributed by atoms with Gasteiger partial charge >= 0.3 is 17.0 Å². The van der Waals surface area contributed by atoms with Gasteiger partial charge in [-0.3, -0.25) is 18.7 Å². The van der Waals surface area contributed by atoms with Crippen LogP contribution in [0.5, 0.6) is 0 Å². The number of hydrogen-bond acceptors (Lipinski definition) is 17. The summed E-state index contributed by atoms with van der Waals surface area (Å²) in [6, 6.07) is 0. The molecule has 24 heteroatoms. The standard InChI is InChI=1S/C21H28N11O10PS2/c1-24-16(22)10-18(25-2)31(6-28-10)21-13(34)15-9(40-21)4-38-43(35,44)41-14-8(3-30-45(36,37)42-15)39-20(12(14)33)32-7-29-11-17(23)26-5-27-19(11)32/h5-9,12-15,20-21,30,33-34H,2-4H2,1H3,(H2,22,24)(H,35,44)(H2,23,26,27)/t8-,9-,12-,13-,14-,15-,20-,21-,43?/m1/s1. The Kier molecular flexibility index (Phi) is 8.47. The summed E-state index contributed by atoms with van der Waals surface area (Å²) in [6.07, 6.45) is -7.53. The van der Waals surface area contributed by atoms with Gasteiger partial charge in [-0.15, -0.1) is 0 Å². The highest BCUT2D eigenvalue weighted by atomic mass is 32.5. The number of fused-ring (bicyclic) bond motifs is 3. The van der Waals surface area contributed by atoms with Crippen molar-refractivity contribution >= 4 is 64.2 Å². The van der Waals surface area contributed by atoms with Crippen LogP contribution in [-0.4, -0.2) is 122 Å². The Morgan fingerprint density at radius 3 is 2.56 bits per heavy atom. The topological polar surface area (TPSA) is 291 Å². The summed E-state index contributed by atoms with van der Waals surface area (Å²) in [6.45, 7) is -1.81. The second-order valence-corrected chi connectivity index (χ2v) is 14.2. The van der Waals surface area contributed by atoms with Crippen molar-refractivity contribution in [3.05, 3.63) is 24.7 Å². The highest BCUT2D eigenvalue weighted by Gasteiger charge is 2.52. The molecule has 21 nitrogen and oxygen atoms in total. The molecule has 0 amide bonds. The number of nitrogens with two attached hydrogens (primary N) is 2. The van der Waals surface area contributed by atoms with E-state index in [1.165, 1.54) is 35.2 Å². The van der Waals surface area contributed by atoms with E-state index < -0.39 is 79.3 Å². The third-order valence-corrected chi connectivity index (χ3v) is 9.87. The van der Waals surface area contributed by atoms with E-state index in [2.05, 4.69) is 41.4 Å². The van der Waals surface area contributed by atoms with Crippen LogP contribution in [0.1, 0.15) is 18.1 Å². The number of amidine groups is 1. The zero-order valence-electron chi connectivity index (χ0n) is 23.2. The van der Waals surface area contributed by atoms with Crippen molar-refractivity contribution < 1.29 is 46.2 Å². The molecule has 3 fully saturated rings. The SMILES string of the molecule is C=Nc1c(C(N)=NC)ncn1[C@@H]1O[C@@H]2COP(O)(=S)O[C@H]3[C@@H](O)[C@H](n4cnc5c(N)ncnc54)O[C@@H]3CNS(=O)(=O)O[C@H]2[C@H]1O. The summed E-state index contributed by atoms with van der Waals surface area (Å²) in [5.74, 6) is 0.181. The number of hydrogen-bond donors (Lipinski definition) is 6. The van der Waals surface area contributed by atoms with E-state index in [9.17, 15) is 23.5 Å². The number of nitrogens with one attached hydrogen (secondary N) is 1. The first-order chi connectivity index (χ1) is 21.3. The number of aliphatic hydroxyl groups excluding tert-OH is 2. The van der Waals surface area contributed by atoms with Crippen molar-refractivity contribution in [2.24, 2.45) is 15.7 Å². The largest absolute Gasteiger partial charge is 0.386 e. The minimum absolute atomic E-state index is 0.0235. The molecule has 0 radical (unpaired) electrons. The van der Waals surface area contributed by atoms with Crippen LogP contribution in [-0.2, 0) is 44.8 Å². The lowest BCUT2D eigenvalue weighted by Gasteiger charge is -2.28. The van der Waals surface area contributed by atoms with Gasteiger partial charge < -0.3 is 40.6 Å². The summed E-state index contributed by atoms with van der Waals surface area (Å²) >= 11 is 5.21. The lowest BCUT2D eigenvalue weighted by Crippen LogP contribution is -2.46. The van der Waals surface area contributed by atoms with Crippen molar-refractivity contribution in [1.82, 2.24) is 33.8 Å². The highest BCUT2D eigenvalue weighted by Crippen LogP contribution is 2.50. The summed E-state index contributed by atoms with van der Waals surface area (Å²) in [4.78, 5) is 35.0. The molecule has 0 spiro atoms. The lowest BCUT2D eigenvalue weighted by molar-refractivity contribution is -0.0523. The molecular weight excluding hydrogens is 661 g/mol. The first-order valence-corrected chi connectivity index (χ1v) is 17.0. The fourth-order valence-corrected chi connectivity index (χ4v) is 7.61. The molecule has 6 rings (SSSR count). The average Bonchev–Trinajstić information content (AvgIpc) is 3.75. The van der Waals surface area contributed by atoms with Gasteiger partial charge in [-0.25, -0.2) is 29.1 Å². The number of anilines is 1.